The lowest BCUT2D eigenvalue weighted by atomic mass is 9.97. The summed E-state index contributed by atoms with van der Waals surface area (Å²) in [7, 11) is 3.95. The molecule has 1 heterocycles. The summed E-state index contributed by atoms with van der Waals surface area (Å²) in [5.74, 6) is -0.620. The van der Waals surface area contributed by atoms with Gasteiger partial charge in [-0.3, -0.25) is 9.59 Å². The average molecular weight is 390 g/mol. The van der Waals surface area contributed by atoms with Crippen LogP contribution < -0.4 is 10.6 Å². The van der Waals surface area contributed by atoms with Crippen molar-refractivity contribution in [3.63, 3.8) is 0 Å². The van der Waals surface area contributed by atoms with Crippen LogP contribution in [-0.4, -0.2) is 54.9 Å². The Morgan fingerprint density at radius 2 is 1.86 bits per heavy atom. The van der Waals surface area contributed by atoms with Gasteiger partial charge in [0.2, 0.25) is 5.91 Å². The van der Waals surface area contributed by atoms with Gasteiger partial charge in [-0.1, -0.05) is 42.5 Å². The standard InChI is InChI=1S/C23H26N4O2/c1-27(2)12-11-24-23(29)21-17-9-5-3-7-15(17)13-19(21)26-22(28)20-14-16-8-4-6-10-18(16)25-20/h3-10,14,19,21,25H,11-13H2,1-2H3,(H,24,29)(H,26,28)/t19-,21-/m0/s1. The molecule has 4 rings (SSSR count). The van der Waals surface area contributed by atoms with Crippen LogP contribution in [0.1, 0.15) is 27.5 Å². The predicted molar refractivity (Wildman–Crippen MR) is 114 cm³/mol. The largest absolute Gasteiger partial charge is 0.354 e. The number of para-hydroxylation sites is 1. The Labute approximate surface area is 170 Å². The van der Waals surface area contributed by atoms with Crippen molar-refractivity contribution in [3.8, 4) is 0 Å². The number of benzene rings is 2. The van der Waals surface area contributed by atoms with E-state index in [2.05, 4.69) is 15.6 Å². The highest BCUT2D eigenvalue weighted by molar-refractivity contribution is 5.99. The van der Waals surface area contributed by atoms with Gasteiger partial charge in [0.15, 0.2) is 0 Å². The zero-order valence-corrected chi connectivity index (χ0v) is 16.7. The minimum atomic E-state index is -0.387. The van der Waals surface area contributed by atoms with Gasteiger partial charge in [0.05, 0.1) is 5.92 Å². The van der Waals surface area contributed by atoms with Crippen molar-refractivity contribution < 1.29 is 9.59 Å². The van der Waals surface area contributed by atoms with E-state index in [9.17, 15) is 9.59 Å². The minimum absolute atomic E-state index is 0.0428. The zero-order valence-electron chi connectivity index (χ0n) is 16.7. The molecule has 0 radical (unpaired) electrons. The van der Waals surface area contributed by atoms with Gasteiger partial charge in [-0.25, -0.2) is 0 Å². The number of likely N-dealkylation sites (N-methyl/N-ethyl adjacent to an activating group) is 1. The molecule has 1 aliphatic rings. The Hall–Kier alpha value is -3.12. The fourth-order valence-electron chi connectivity index (χ4n) is 4.01. The SMILES string of the molecule is CN(C)CCNC(=O)[C@H]1c2ccccc2C[C@@H]1NC(=O)c1cc2ccccc2[nH]1. The van der Waals surface area contributed by atoms with Gasteiger partial charge in [0, 0.05) is 30.0 Å². The van der Waals surface area contributed by atoms with Crippen LogP contribution in [0.15, 0.2) is 54.6 Å². The molecule has 0 fully saturated rings. The van der Waals surface area contributed by atoms with Crippen LogP contribution in [0.5, 0.6) is 0 Å². The number of nitrogens with zero attached hydrogens (tertiary/aromatic N) is 1. The number of aromatic nitrogens is 1. The van der Waals surface area contributed by atoms with E-state index < -0.39 is 0 Å². The van der Waals surface area contributed by atoms with Crippen LogP contribution in [0.4, 0.5) is 0 Å². The molecule has 2 atom stereocenters. The molecule has 0 spiro atoms. The first-order valence-corrected chi connectivity index (χ1v) is 9.92. The van der Waals surface area contributed by atoms with E-state index in [0.717, 1.165) is 28.6 Å². The maximum absolute atomic E-state index is 13.0. The highest BCUT2D eigenvalue weighted by Gasteiger charge is 2.38. The lowest BCUT2D eigenvalue weighted by molar-refractivity contribution is -0.122. The van der Waals surface area contributed by atoms with Gasteiger partial charge in [-0.15, -0.1) is 0 Å². The number of aromatic amines is 1. The number of amides is 2. The molecular weight excluding hydrogens is 364 g/mol. The fraction of sp³-hybridized carbons (Fsp3) is 0.304. The van der Waals surface area contributed by atoms with Gasteiger partial charge < -0.3 is 20.5 Å². The van der Waals surface area contributed by atoms with Gasteiger partial charge in [0.1, 0.15) is 5.69 Å². The molecule has 3 aromatic rings. The Balaban J connectivity index is 1.53. The first-order valence-electron chi connectivity index (χ1n) is 9.92. The number of fused-ring (bicyclic) bond motifs is 2. The number of H-pyrrole nitrogens is 1. The number of nitrogens with one attached hydrogen (secondary N) is 3. The van der Waals surface area contributed by atoms with Crippen LogP contribution in [0.2, 0.25) is 0 Å². The van der Waals surface area contributed by atoms with Crippen LogP contribution >= 0.6 is 0 Å². The van der Waals surface area contributed by atoms with E-state index >= 15 is 0 Å². The molecule has 0 saturated carbocycles. The van der Waals surface area contributed by atoms with Gasteiger partial charge in [-0.05, 0) is 43.8 Å². The molecule has 0 bridgehead atoms. The Morgan fingerprint density at radius 1 is 1.10 bits per heavy atom. The summed E-state index contributed by atoms with van der Waals surface area (Å²) in [5, 5.41) is 7.10. The van der Waals surface area contributed by atoms with Crippen molar-refractivity contribution >= 4 is 22.7 Å². The van der Waals surface area contributed by atoms with E-state index in [1.807, 2.05) is 73.6 Å². The Kier molecular flexibility index (Phi) is 5.36. The molecule has 150 valence electrons. The summed E-state index contributed by atoms with van der Waals surface area (Å²) in [4.78, 5) is 31.1. The first-order chi connectivity index (χ1) is 14.0. The highest BCUT2D eigenvalue weighted by Crippen LogP contribution is 2.33. The third-order valence-corrected chi connectivity index (χ3v) is 5.46. The molecule has 29 heavy (non-hydrogen) atoms. The second kappa shape index (κ2) is 8.09. The normalized spacial score (nSPS) is 18.0. The van der Waals surface area contributed by atoms with E-state index in [-0.39, 0.29) is 23.8 Å². The fourth-order valence-corrected chi connectivity index (χ4v) is 4.01. The van der Waals surface area contributed by atoms with Crippen molar-refractivity contribution in [2.75, 3.05) is 27.2 Å². The number of hydrogen-bond acceptors (Lipinski definition) is 3. The van der Waals surface area contributed by atoms with Crippen LogP contribution in [0.3, 0.4) is 0 Å². The van der Waals surface area contributed by atoms with Crippen LogP contribution in [0, 0.1) is 0 Å². The maximum atomic E-state index is 13.0. The summed E-state index contributed by atoms with van der Waals surface area (Å²) in [6.07, 6.45) is 0.647. The first kappa shape index (κ1) is 19.2. The Bertz CT molecular complexity index is 1010. The number of hydrogen-bond donors (Lipinski definition) is 3. The van der Waals surface area contributed by atoms with Crippen LogP contribution in [0.25, 0.3) is 10.9 Å². The summed E-state index contributed by atoms with van der Waals surface area (Å²) >= 11 is 0. The van der Waals surface area contributed by atoms with Crippen molar-refractivity contribution in [2.45, 2.75) is 18.4 Å². The van der Waals surface area contributed by atoms with Gasteiger partial charge >= 0.3 is 0 Å². The lowest BCUT2D eigenvalue weighted by Crippen LogP contribution is -2.44. The summed E-state index contributed by atoms with van der Waals surface area (Å²) in [5.41, 5.74) is 3.54. The van der Waals surface area contributed by atoms with E-state index in [1.165, 1.54) is 0 Å². The smallest absolute Gasteiger partial charge is 0.267 e. The zero-order chi connectivity index (χ0) is 20.4. The number of carbonyl (C=O) groups is 2. The average Bonchev–Trinajstić information content (AvgIpc) is 3.28. The van der Waals surface area contributed by atoms with Crippen molar-refractivity contribution in [1.82, 2.24) is 20.5 Å². The van der Waals surface area contributed by atoms with Crippen LogP contribution in [-0.2, 0) is 11.2 Å². The summed E-state index contributed by atoms with van der Waals surface area (Å²) in [6.45, 7) is 1.35. The number of carbonyl (C=O) groups excluding carboxylic acids is 2. The quantitative estimate of drug-likeness (QED) is 0.604. The lowest BCUT2D eigenvalue weighted by Gasteiger charge is -2.21. The monoisotopic (exact) mass is 390 g/mol. The molecule has 6 heteroatoms. The maximum Gasteiger partial charge on any atom is 0.267 e. The predicted octanol–water partition coefficient (Wildman–Crippen LogP) is 2.28. The molecular formula is C23H26N4O2. The Morgan fingerprint density at radius 3 is 2.66 bits per heavy atom. The summed E-state index contributed by atoms with van der Waals surface area (Å²) in [6, 6.07) is 17.3. The number of rotatable bonds is 6. The van der Waals surface area contributed by atoms with Gasteiger partial charge in [-0.2, -0.15) is 0 Å². The van der Waals surface area contributed by atoms with E-state index in [4.69, 9.17) is 0 Å². The van der Waals surface area contributed by atoms with Crippen molar-refractivity contribution in [3.05, 3.63) is 71.4 Å². The third kappa shape index (κ3) is 4.03. The van der Waals surface area contributed by atoms with Crippen molar-refractivity contribution in [1.29, 1.82) is 0 Å². The third-order valence-electron chi connectivity index (χ3n) is 5.46. The molecule has 2 amide bonds. The second-order valence-electron chi connectivity index (χ2n) is 7.83. The molecule has 0 unspecified atom stereocenters. The second-order valence-corrected chi connectivity index (χ2v) is 7.83. The minimum Gasteiger partial charge on any atom is -0.354 e. The molecule has 0 aliphatic heterocycles. The highest BCUT2D eigenvalue weighted by atomic mass is 16.2. The van der Waals surface area contributed by atoms with Gasteiger partial charge in [0.25, 0.3) is 5.91 Å². The summed E-state index contributed by atoms with van der Waals surface area (Å²) < 4.78 is 0. The topological polar surface area (TPSA) is 77.2 Å². The molecule has 1 aromatic heterocycles. The van der Waals surface area contributed by atoms with Crippen molar-refractivity contribution in [2.24, 2.45) is 0 Å². The molecule has 1 aliphatic carbocycles. The van der Waals surface area contributed by atoms with E-state index in [1.54, 1.807) is 0 Å². The van der Waals surface area contributed by atoms with E-state index in [0.29, 0.717) is 18.7 Å². The molecule has 2 aromatic carbocycles. The molecule has 6 nitrogen and oxygen atoms in total. The molecule has 3 N–H and O–H groups in total. The molecule has 0 saturated heterocycles.